The molecule has 0 aliphatic rings. The summed E-state index contributed by atoms with van der Waals surface area (Å²) in [5.41, 5.74) is 1.05. The van der Waals surface area contributed by atoms with Gasteiger partial charge in [0.25, 0.3) is 0 Å². The number of hydrogen-bond donors (Lipinski definition) is 0. The number of thioether (sulfide) groups is 1. The number of nitrogens with zero attached hydrogens (tertiary/aromatic N) is 1. The van der Waals surface area contributed by atoms with Gasteiger partial charge in [0, 0.05) is 9.92 Å². The first-order chi connectivity index (χ1) is 10.1. The molecule has 0 unspecified atom stereocenters. The van der Waals surface area contributed by atoms with Crippen LogP contribution in [-0.2, 0) is 11.4 Å². The van der Waals surface area contributed by atoms with Gasteiger partial charge in [0.1, 0.15) is 6.61 Å². The summed E-state index contributed by atoms with van der Waals surface area (Å²) in [6, 6.07) is 17.8. The van der Waals surface area contributed by atoms with Gasteiger partial charge in [-0.3, -0.25) is 0 Å². The largest absolute Gasteiger partial charge is 0.391 e. The average molecular weight is 320 g/mol. The number of benzene rings is 2. The molecule has 4 heteroatoms. The second-order valence-corrected chi connectivity index (χ2v) is 7.32. The van der Waals surface area contributed by atoms with Crippen LogP contribution in [0.3, 0.4) is 0 Å². The van der Waals surface area contributed by atoms with E-state index in [-0.39, 0.29) is 4.75 Å². The van der Waals surface area contributed by atoms with Crippen LogP contribution in [0.1, 0.15) is 19.4 Å². The first-order valence-corrected chi connectivity index (χ1v) is 7.90. The van der Waals surface area contributed by atoms with E-state index >= 15 is 0 Å². The van der Waals surface area contributed by atoms with E-state index in [1.807, 2.05) is 48.7 Å². The lowest BCUT2D eigenvalue weighted by Gasteiger charge is -2.18. The quantitative estimate of drug-likeness (QED) is 0.403. The first-order valence-electron chi connectivity index (χ1n) is 6.70. The molecule has 0 atom stereocenters. The highest BCUT2D eigenvalue weighted by atomic mass is 35.5. The molecule has 0 saturated heterocycles. The van der Waals surface area contributed by atoms with Crippen LogP contribution in [0.2, 0.25) is 5.02 Å². The van der Waals surface area contributed by atoms with E-state index in [9.17, 15) is 0 Å². The van der Waals surface area contributed by atoms with Crippen molar-refractivity contribution in [3.05, 3.63) is 65.2 Å². The van der Waals surface area contributed by atoms with Crippen molar-refractivity contribution >= 4 is 29.6 Å². The van der Waals surface area contributed by atoms with Gasteiger partial charge in [0.05, 0.1) is 11.0 Å². The Morgan fingerprint density at radius 2 is 1.76 bits per heavy atom. The van der Waals surface area contributed by atoms with Crippen molar-refractivity contribution in [2.45, 2.75) is 30.1 Å². The van der Waals surface area contributed by atoms with Gasteiger partial charge >= 0.3 is 0 Å². The predicted octanol–water partition coefficient (Wildman–Crippen LogP) is 5.41. The third kappa shape index (κ3) is 5.82. The molecule has 0 aromatic heterocycles. The molecule has 0 fully saturated rings. The van der Waals surface area contributed by atoms with Crippen molar-refractivity contribution in [1.29, 1.82) is 0 Å². The Morgan fingerprint density at radius 3 is 2.43 bits per heavy atom. The monoisotopic (exact) mass is 319 g/mol. The zero-order chi connectivity index (χ0) is 15.1. The van der Waals surface area contributed by atoms with Gasteiger partial charge < -0.3 is 4.84 Å². The minimum absolute atomic E-state index is 0.124. The Hall–Kier alpha value is -1.45. The van der Waals surface area contributed by atoms with E-state index in [0.717, 1.165) is 10.6 Å². The molecule has 0 saturated carbocycles. The first kappa shape index (κ1) is 15.9. The lowest BCUT2D eigenvalue weighted by Crippen LogP contribution is -2.16. The molecular formula is C17H18ClNOS. The summed E-state index contributed by atoms with van der Waals surface area (Å²) in [5, 5.41) is 4.80. The topological polar surface area (TPSA) is 21.6 Å². The highest BCUT2D eigenvalue weighted by molar-refractivity contribution is 8.01. The Bertz CT molecular complexity index is 581. The van der Waals surface area contributed by atoms with Crippen LogP contribution in [-0.4, -0.2) is 11.0 Å². The van der Waals surface area contributed by atoms with Crippen molar-refractivity contribution in [3.63, 3.8) is 0 Å². The van der Waals surface area contributed by atoms with Crippen LogP contribution < -0.4 is 0 Å². The van der Waals surface area contributed by atoms with Crippen molar-refractivity contribution in [2.75, 3.05) is 0 Å². The zero-order valence-corrected chi connectivity index (χ0v) is 13.7. The van der Waals surface area contributed by atoms with Crippen molar-refractivity contribution in [3.8, 4) is 0 Å². The van der Waals surface area contributed by atoms with E-state index < -0.39 is 0 Å². The highest BCUT2D eigenvalue weighted by Gasteiger charge is 2.16. The fourth-order valence-electron chi connectivity index (χ4n) is 1.68. The normalized spacial score (nSPS) is 11.8. The number of oxime groups is 1. The summed E-state index contributed by atoms with van der Waals surface area (Å²) in [5.74, 6) is 0. The van der Waals surface area contributed by atoms with E-state index in [1.165, 1.54) is 4.90 Å². The van der Waals surface area contributed by atoms with Crippen molar-refractivity contribution in [1.82, 2.24) is 0 Å². The Morgan fingerprint density at radius 1 is 1.10 bits per heavy atom. The van der Waals surface area contributed by atoms with E-state index in [1.54, 1.807) is 11.8 Å². The maximum atomic E-state index is 5.84. The molecule has 2 aromatic rings. The summed E-state index contributed by atoms with van der Waals surface area (Å²) in [6.07, 6.45) is 1.83. The van der Waals surface area contributed by atoms with Crippen LogP contribution in [0.25, 0.3) is 0 Å². The number of halogens is 1. The number of rotatable bonds is 6. The molecule has 0 heterocycles. The van der Waals surface area contributed by atoms with Gasteiger partial charge in [0.2, 0.25) is 0 Å². The molecule has 0 spiro atoms. The van der Waals surface area contributed by atoms with Crippen LogP contribution in [0.15, 0.2) is 64.6 Å². The molecule has 2 nitrogen and oxygen atoms in total. The Balaban J connectivity index is 1.83. The van der Waals surface area contributed by atoms with Gasteiger partial charge in [-0.25, -0.2) is 0 Å². The van der Waals surface area contributed by atoms with Gasteiger partial charge in [0.15, 0.2) is 0 Å². The minimum Gasteiger partial charge on any atom is -0.391 e. The minimum atomic E-state index is -0.124. The average Bonchev–Trinajstić information content (AvgIpc) is 2.46. The van der Waals surface area contributed by atoms with Crippen LogP contribution in [0, 0.1) is 0 Å². The molecule has 0 radical (unpaired) electrons. The van der Waals surface area contributed by atoms with Crippen LogP contribution in [0.5, 0.6) is 0 Å². The molecule has 0 aliphatic heterocycles. The maximum Gasteiger partial charge on any atom is 0.142 e. The SMILES string of the molecule is CC(C)(C=NOCc1ccc(Cl)cc1)Sc1ccccc1. The van der Waals surface area contributed by atoms with Gasteiger partial charge in [-0.1, -0.05) is 47.1 Å². The standard InChI is InChI=1S/C17H18ClNOS/c1-17(2,21-16-6-4-3-5-7-16)13-19-20-12-14-8-10-15(18)11-9-14/h3-11,13H,12H2,1-2H3. The summed E-state index contributed by atoms with van der Waals surface area (Å²) in [6.45, 7) is 4.67. The smallest absolute Gasteiger partial charge is 0.142 e. The number of hydrogen-bond acceptors (Lipinski definition) is 3. The molecule has 0 bridgehead atoms. The van der Waals surface area contributed by atoms with Crippen molar-refractivity contribution in [2.24, 2.45) is 5.16 Å². The summed E-state index contributed by atoms with van der Waals surface area (Å²) in [7, 11) is 0. The molecule has 2 rings (SSSR count). The Labute approximate surface area is 135 Å². The van der Waals surface area contributed by atoms with Gasteiger partial charge in [-0.2, -0.15) is 0 Å². The van der Waals surface area contributed by atoms with E-state index in [0.29, 0.717) is 6.61 Å². The zero-order valence-electron chi connectivity index (χ0n) is 12.1. The summed E-state index contributed by atoms with van der Waals surface area (Å²) in [4.78, 5) is 6.56. The third-order valence-electron chi connectivity index (χ3n) is 2.71. The van der Waals surface area contributed by atoms with E-state index in [2.05, 4.69) is 31.1 Å². The fraction of sp³-hybridized carbons (Fsp3) is 0.235. The van der Waals surface area contributed by atoms with Crippen LogP contribution >= 0.6 is 23.4 Å². The molecule has 21 heavy (non-hydrogen) atoms. The van der Waals surface area contributed by atoms with E-state index in [4.69, 9.17) is 16.4 Å². The summed E-state index contributed by atoms with van der Waals surface area (Å²) < 4.78 is -0.124. The van der Waals surface area contributed by atoms with Gasteiger partial charge in [-0.15, -0.1) is 11.8 Å². The Kier molecular flexibility index (Phi) is 5.71. The second-order valence-electron chi connectivity index (χ2n) is 5.15. The molecule has 110 valence electrons. The predicted molar refractivity (Wildman–Crippen MR) is 91.1 cm³/mol. The molecular weight excluding hydrogens is 302 g/mol. The fourth-order valence-corrected chi connectivity index (χ4v) is 2.80. The molecule has 0 aliphatic carbocycles. The molecule has 0 amide bonds. The van der Waals surface area contributed by atoms with Crippen molar-refractivity contribution < 1.29 is 4.84 Å². The lowest BCUT2D eigenvalue weighted by molar-refractivity contribution is 0.131. The second kappa shape index (κ2) is 7.53. The molecule has 2 aromatic carbocycles. The maximum absolute atomic E-state index is 5.84. The molecule has 0 N–H and O–H groups in total. The van der Waals surface area contributed by atoms with Gasteiger partial charge in [-0.05, 0) is 43.7 Å². The lowest BCUT2D eigenvalue weighted by atomic mass is 10.2. The third-order valence-corrected chi connectivity index (χ3v) is 4.10. The highest BCUT2D eigenvalue weighted by Crippen LogP contribution is 2.30. The summed E-state index contributed by atoms with van der Waals surface area (Å²) >= 11 is 7.58. The van der Waals surface area contributed by atoms with Crippen LogP contribution in [0.4, 0.5) is 0 Å².